The van der Waals surface area contributed by atoms with Crippen LogP contribution < -0.4 is 0 Å². The third-order valence-electron chi connectivity index (χ3n) is 3.74. The molecule has 4 rings (SSSR count). The van der Waals surface area contributed by atoms with Gasteiger partial charge in [0.15, 0.2) is 11.5 Å². The van der Waals surface area contributed by atoms with E-state index < -0.39 is 0 Å². The Balaban J connectivity index is 1.79. The van der Waals surface area contributed by atoms with Crippen molar-refractivity contribution >= 4 is 22.5 Å². The normalized spacial score (nSPS) is 15.4. The van der Waals surface area contributed by atoms with Gasteiger partial charge in [-0.15, -0.1) is 11.3 Å². The Bertz CT molecular complexity index is 669. The molecule has 0 saturated heterocycles. The average molecular weight is 269 g/mol. The van der Waals surface area contributed by atoms with Crippen LogP contribution >= 0.6 is 11.3 Å². The monoisotopic (exact) mass is 269 g/mol. The largest absolute Gasteiger partial charge is 0.336 e. The maximum Gasteiger partial charge on any atom is 0.178 e. The fourth-order valence-electron chi connectivity index (χ4n) is 2.75. The molecule has 3 aromatic rings. The molecule has 0 unspecified atom stereocenters. The van der Waals surface area contributed by atoms with Gasteiger partial charge in [-0.3, -0.25) is 0 Å². The second-order valence-electron chi connectivity index (χ2n) is 5.08. The van der Waals surface area contributed by atoms with Crippen molar-refractivity contribution in [2.24, 2.45) is 0 Å². The van der Waals surface area contributed by atoms with Crippen LogP contribution in [0, 0.1) is 0 Å². The molecule has 0 spiro atoms. The van der Waals surface area contributed by atoms with Crippen molar-refractivity contribution in [2.75, 3.05) is 0 Å². The van der Waals surface area contributed by atoms with Gasteiger partial charge >= 0.3 is 0 Å². The summed E-state index contributed by atoms with van der Waals surface area (Å²) in [6.45, 7) is 0. The van der Waals surface area contributed by atoms with Gasteiger partial charge in [-0.05, 0) is 49.4 Å². The molecule has 1 aliphatic rings. The van der Waals surface area contributed by atoms with E-state index in [2.05, 4.69) is 21.0 Å². The number of imidazole rings is 1. The highest BCUT2D eigenvalue weighted by Gasteiger charge is 2.15. The van der Waals surface area contributed by atoms with Gasteiger partial charge in [-0.2, -0.15) is 0 Å². The number of hydrogen-bond acceptors (Lipinski definition) is 3. The van der Waals surface area contributed by atoms with Crippen molar-refractivity contribution < 1.29 is 0 Å². The van der Waals surface area contributed by atoms with Crippen LogP contribution in [0.3, 0.4) is 0 Å². The van der Waals surface area contributed by atoms with Gasteiger partial charge in [0, 0.05) is 11.1 Å². The number of nitrogens with zero attached hydrogens (tertiary/aromatic N) is 2. The van der Waals surface area contributed by atoms with Gasteiger partial charge in [-0.1, -0.05) is 6.42 Å². The lowest BCUT2D eigenvalue weighted by atomic mass is 10.1. The quantitative estimate of drug-likeness (QED) is 0.679. The number of rotatable bonds is 1. The SMILES string of the molecule is c1cnc2nc(-c3cc4c(s3)CCCCC4)[nH]c2c1. The van der Waals surface area contributed by atoms with Crippen molar-refractivity contribution in [1.29, 1.82) is 0 Å². The van der Waals surface area contributed by atoms with Crippen LogP contribution in [0.4, 0.5) is 0 Å². The minimum Gasteiger partial charge on any atom is -0.336 e. The molecule has 4 heteroatoms. The average Bonchev–Trinajstić information content (AvgIpc) is 2.97. The van der Waals surface area contributed by atoms with Crippen LogP contribution in [0.25, 0.3) is 21.9 Å². The van der Waals surface area contributed by atoms with Crippen LogP contribution in [0.1, 0.15) is 29.7 Å². The third kappa shape index (κ3) is 1.96. The Morgan fingerprint density at radius 1 is 1.16 bits per heavy atom. The first-order valence-corrected chi connectivity index (χ1v) is 7.64. The standard InChI is InChI=1S/C15H15N3S/c1-2-5-10-9-13(19-12(10)7-3-1)15-17-11-6-4-8-16-14(11)18-15/h4,6,8-9H,1-3,5,7H2,(H,16,17,18). The Morgan fingerprint density at radius 3 is 3.05 bits per heavy atom. The lowest BCUT2D eigenvalue weighted by Gasteiger charge is -1.92. The number of aromatic nitrogens is 3. The first-order valence-electron chi connectivity index (χ1n) is 6.83. The predicted molar refractivity (Wildman–Crippen MR) is 78.5 cm³/mol. The smallest absolute Gasteiger partial charge is 0.178 e. The van der Waals surface area contributed by atoms with Crippen molar-refractivity contribution in [3.8, 4) is 10.7 Å². The molecule has 19 heavy (non-hydrogen) atoms. The molecular formula is C15H15N3S. The summed E-state index contributed by atoms with van der Waals surface area (Å²) in [6.07, 6.45) is 8.27. The highest BCUT2D eigenvalue weighted by Crippen LogP contribution is 2.34. The maximum absolute atomic E-state index is 4.59. The molecule has 3 aromatic heterocycles. The van der Waals surface area contributed by atoms with E-state index in [1.807, 2.05) is 23.5 Å². The first kappa shape index (κ1) is 11.2. The third-order valence-corrected chi connectivity index (χ3v) is 4.98. The minimum absolute atomic E-state index is 0.807. The molecule has 0 fully saturated rings. The lowest BCUT2D eigenvalue weighted by molar-refractivity contribution is 0.713. The number of thiophene rings is 1. The number of aromatic amines is 1. The zero-order valence-electron chi connectivity index (χ0n) is 10.6. The van der Waals surface area contributed by atoms with Gasteiger partial charge in [0.05, 0.1) is 10.4 Å². The second-order valence-corrected chi connectivity index (χ2v) is 6.22. The fourth-order valence-corrected chi connectivity index (χ4v) is 3.94. The number of fused-ring (bicyclic) bond motifs is 2. The second kappa shape index (κ2) is 4.46. The molecule has 0 radical (unpaired) electrons. The number of nitrogens with one attached hydrogen (secondary N) is 1. The van der Waals surface area contributed by atoms with E-state index >= 15 is 0 Å². The van der Waals surface area contributed by atoms with E-state index in [1.165, 1.54) is 42.5 Å². The molecule has 0 atom stereocenters. The highest BCUT2D eigenvalue weighted by molar-refractivity contribution is 7.15. The highest BCUT2D eigenvalue weighted by atomic mass is 32.1. The van der Waals surface area contributed by atoms with Gasteiger partial charge in [0.1, 0.15) is 0 Å². The zero-order valence-corrected chi connectivity index (χ0v) is 11.5. The maximum atomic E-state index is 4.59. The summed E-state index contributed by atoms with van der Waals surface area (Å²) in [5, 5.41) is 0. The number of pyridine rings is 1. The van der Waals surface area contributed by atoms with Gasteiger partial charge < -0.3 is 4.98 Å². The fraction of sp³-hybridized carbons (Fsp3) is 0.333. The van der Waals surface area contributed by atoms with Crippen molar-refractivity contribution in [2.45, 2.75) is 32.1 Å². The van der Waals surface area contributed by atoms with Gasteiger partial charge in [0.25, 0.3) is 0 Å². The summed E-state index contributed by atoms with van der Waals surface area (Å²) in [7, 11) is 0. The van der Waals surface area contributed by atoms with E-state index in [1.54, 1.807) is 11.1 Å². The molecule has 1 N–H and O–H groups in total. The number of H-pyrrole nitrogens is 1. The summed E-state index contributed by atoms with van der Waals surface area (Å²) >= 11 is 1.90. The lowest BCUT2D eigenvalue weighted by Crippen LogP contribution is -1.81. The Kier molecular flexibility index (Phi) is 2.62. The minimum atomic E-state index is 0.807. The van der Waals surface area contributed by atoms with E-state index in [-0.39, 0.29) is 0 Å². The topological polar surface area (TPSA) is 41.6 Å². The van der Waals surface area contributed by atoms with Crippen LogP contribution in [0.15, 0.2) is 24.4 Å². The van der Waals surface area contributed by atoms with Crippen molar-refractivity contribution in [3.05, 3.63) is 34.8 Å². The van der Waals surface area contributed by atoms with Crippen LogP contribution in [0.5, 0.6) is 0 Å². The van der Waals surface area contributed by atoms with Crippen molar-refractivity contribution in [1.82, 2.24) is 15.0 Å². The molecule has 0 aromatic carbocycles. The van der Waals surface area contributed by atoms with Crippen LogP contribution in [-0.2, 0) is 12.8 Å². The molecule has 0 aliphatic heterocycles. The van der Waals surface area contributed by atoms with Gasteiger partial charge in [0.2, 0.25) is 0 Å². The molecule has 0 amide bonds. The summed E-state index contributed by atoms with van der Waals surface area (Å²) < 4.78 is 0. The number of aryl methyl sites for hydroxylation is 2. The van der Waals surface area contributed by atoms with E-state index in [0.717, 1.165) is 17.0 Å². The molecule has 96 valence electrons. The first-order chi connectivity index (χ1) is 9.40. The molecule has 3 heterocycles. The Morgan fingerprint density at radius 2 is 2.11 bits per heavy atom. The molecule has 0 bridgehead atoms. The Labute approximate surface area is 115 Å². The molecule has 0 saturated carbocycles. The molecule has 1 aliphatic carbocycles. The van der Waals surface area contributed by atoms with Crippen molar-refractivity contribution in [3.63, 3.8) is 0 Å². The van der Waals surface area contributed by atoms with E-state index in [4.69, 9.17) is 0 Å². The molecule has 3 nitrogen and oxygen atoms in total. The predicted octanol–water partition coefficient (Wildman–Crippen LogP) is 3.96. The number of hydrogen-bond donors (Lipinski definition) is 1. The summed E-state index contributed by atoms with van der Waals surface area (Å²) in [6, 6.07) is 6.29. The summed E-state index contributed by atoms with van der Waals surface area (Å²) in [4.78, 5) is 15.1. The van der Waals surface area contributed by atoms with Crippen LogP contribution in [0.2, 0.25) is 0 Å². The van der Waals surface area contributed by atoms with Gasteiger partial charge in [-0.25, -0.2) is 9.97 Å². The van der Waals surface area contributed by atoms with Crippen LogP contribution in [-0.4, -0.2) is 15.0 Å². The van der Waals surface area contributed by atoms with E-state index in [9.17, 15) is 0 Å². The van der Waals surface area contributed by atoms with E-state index in [0.29, 0.717) is 0 Å². The Hall–Kier alpha value is -1.68. The molecular weight excluding hydrogens is 254 g/mol. The zero-order chi connectivity index (χ0) is 12.7. The summed E-state index contributed by atoms with van der Waals surface area (Å²) in [5.74, 6) is 0.965. The summed E-state index contributed by atoms with van der Waals surface area (Å²) in [5.41, 5.74) is 3.35.